The number of benzene rings is 3. The van der Waals surface area contributed by atoms with Crippen LogP contribution in [0, 0.1) is 5.82 Å². The minimum Gasteiger partial charge on any atom is -0.352 e. The van der Waals surface area contributed by atoms with Gasteiger partial charge in [0.2, 0.25) is 11.8 Å². The van der Waals surface area contributed by atoms with Crippen LogP contribution in [0.4, 0.5) is 15.8 Å². The van der Waals surface area contributed by atoms with Crippen molar-refractivity contribution < 1.29 is 18.8 Å². The van der Waals surface area contributed by atoms with Crippen molar-refractivity contribution in [3.63, 3.8) is 0 Å². The van der Waals surface area contributed by atoms with Crippen LogP contribution in [0.15, 0.2) is 60.7 Å². The topological polar surface area (TPSA) is 125 Å². The van der Waals surface area contributed by atoms with Crippen molar-refractivity contribution in [3.8, 4) is 0 Å². The van der Waals surface area contributed by atoms with Crippen LogP contribution in [0.5, 0.6) is 0 Å². The summed E-state index contributed by atoms with van der Waals surface area (Å²) in [5.41, 5.74) is 5.77. The molecule has 2 fully saturated rings. The lowest BCUT2D eigenvalue weighted by molar-refractivity contribution is -0.124. The van der Waals surface area contributed by atoms with Crippen molar-refractivity contribution in [3.05, 3.63) is 93.2 Å². The molecule has 3 atom stereocenters. The fourth-order valence-electron chi connectivity index (χ4n) is 7.89. The fourth-order valence-corrected chi connectivity index (χ4v) is 8.25. The van der Waals surface area contributed by atoms with E-state index in [1.54, 1.807) is 48.5 Å². The molecule has 0 bridgehead atoms. The zero-order chi connectivity index (χ0) is 32.5. The van der Waals surface area contributed by atoms with Crippen LogP contribution in [0.2, 0.25) is 10.0 Å². The molecular weight excluding hydrogens is 628 g/mol. The summed E-state index contributed by atoms with van der Waals surface area (Å²) in [5.74, 6) is -2.51. The lowest BCUT2D eigenvalue weighted by atomic mass is 9.55. The largest absolute Gasteiger partial charge is 0.352 e. The van der Waals surface area contributed by atoms with Crippen LogP contribution in [0.1, 0.15) is 78.8 Å². The van der Waals surface area contributed by atoms with Gasteiger partial charge in [0.15, 0.2) is 0 Å². The van der Waals surface area contributed by atoms with Crippen LogP contribution in [0.25, 0.3) is 0 Å². The van der Waals surface area contributed by atoms with E-state index in [2.05, 4.69) is 21.3 Å². The van der Waals surface area contributed by atoms with Gasteiger partial charge in [-0.05, 0) is 85.8 Å². The second-order valence-electron chi connectivity index (χ2n) is 12.5. The summed E-state index contributed by atoms with van der Waals surface area (Å²) in [6.45, 7) is 1.18. The molecule has 1 saturated carbocycles. The Hall–Kier alpha value is -3.50. The molecule has 6 rings (SSSR count). The van der Waals surface area contributed by atoms with Gasteiger partial charge in [-0.15, -0.1) is 0 Å². The van der Waals surface area contributed by atoms with Crippen LogP contribution in [0.3, 0.4) is 0 Å². The minimum atomic E-state index is -1.31. The Labute approximate surface area is 278 Å². The number of fused-ring (bicyclic) bond motifs is 3. The van der Waals surface area contributed by atoms with Crippen molar-refractivity contribution in [2.45, 2.75) is 74.3 Å². The highest BCUT2D eigenvalue weighted by molar-refractivity contribution is 6.31. The van der Waals surface area contributed by atoms with E-state index in [1.165, 1.54) is 6.07 Å². The summed E-state index contributed by atoms with van der Waals surface area (Å²) in [6, 6.07) is 15.6. The molecule has 11 heteroatoms. The number of anilines is 2. The second kappa shape index (κ2) is 13.3. The van der Waals surface area contributed by atoms with Crippen LogP contribution in [-0.2, 0) is 15.0 Å². The average Bonchev–Trinajstić information content (AvgIpc) is 3.50. The molecule has 0 unspecified atom stereocenters. The summed E-state index contributed by atoms with van der Waals surface area (Å²) >= 11 is 12.7. The number of halogens is 3. The number of carbonyl (C=O) groups is 3. The maximum absolute atomic E-state index is 16.1. The monoisotopic (exact) mass is 665 g/mol. The van der Waals surface area contributed by atoms with E-state index in [1.807, 2.05) is 6.07 Å². The Bertz CT molecular complexity index is 1650. The van der Waals surface area contributed by atoms with Gasteiger partial charge in [0.25, 0.3) is 5.91 Å². The summed E-state index contributed by atoms with van der Waals surface area (Å²) in [5, 5.41) is 12.9. The summed E-state index contributed by atoms with van der Waals surface area (Å²) in [6.07, 6.45) is 6.65. The Morgan fingerprint density at radius 2 is 1.74 bits per heavy atom. The van der Waals surface area contributed by atoms with Crippen molar-refractivity contribution >= 4 is 52.3 Å². The number of hydrogen-bond donors (Lipinski definition) is 5. The average molecular weight is 667 g/mol. The second-order valence-corrected chi connectivity index (χ2v) is 13.4. The summed E-state index contributed by atoms with van der Waals surface area (Å²) in [4.78, 5) is 41.4. The molecule has 3 aromatic carbocycles. The molecule has 2 aliphatic heterocycles. The Morgan fingerprint density at radius 3 is 2.48 bits per heavy atom. The van der Waals surface area contributed by atoms with Gasteiger partial charge < -0.3 is 21.7 Å². The van der Waals surface area contributed by atoms with E-state index >= 15 is 4.39 Å². The van der Waals surface area contributed by atoms with E-state index in [9.17, 15) is 14.4 Å². The molecule has 3 aromatic rings. The quantitative estimate of drug-likeness (QED) is 0.172. The lowest BCUT2D eigenvalue weighted by Gasteiger charge is -2.47. The van der Waals surface area contributed by atoms with Crippen molar-refractivity contribution in [1.82, 2.24) is 10.6 Å². The third kappa shape index (κ3) is 5.57. The van der Waals surface area contributed by atoms with Crippen molar-refractivity contribution in [2.75, 3.05) is 23.7 Å². The summed E-state index contributed by atoms with van der Waals surface area (Å²) < 4.78 is 16.1. The first kappa shape index (κ1) is 32.4. The zero-order valence-electron chi connectivity index (χ0n) is 25.4. The number of rotatable bonds is 9. The van der Waals surface area contributed by atoms with Gasteiger partial charge in [-0.3, -0.25) is 19.7 Å². The van der Waals surface area contributed by atoms with E-state index in [4.69, 9.17) is 28.9 Å². The molecular formula is C35H38Cl2FN5O3. The van der Waals surface area contributed by atoms with Gasteiger partial charge in [-0.2, -0.15) is 0 Å². The number of unbranched alkanes of at least 4 members (excludes halogenated alkanes) is 2. The van der Waals surface area contributed by atoms with Crippen LogP contribution in [-0.4, -0.2) is 42.4 Å². The fraction of sp³-hybridized carbons (Fsp3) is 0.400. The zero-order valence-corrected chi connectivity index (χ0v) is 26.9. The van der Waals surface area contributed by atoms with Crippen molar-refractivity contribution in [2.24, 2.45) is 5.73 Å². The van der Waals surface area contributed by atoms with Gasteiger partial charge in [0, 0.05) is 40.0 Å². The van der Waals surface area contributed by atoms with E-state index in [0.717, 1.165) is 38.5 Å². The Morgan fingerprint density at radius 1 is 0.978 bits per heavy atom. The predicted octanol–water partition coefficient (Wildman–Crippen LogP) is 6.28. The van der Waals surface area contributed by atoms with Gasteiger partial charge in [0.1, 0.15) is 11.2 Å². The first-order chi connectivity index (χ1) is 22.2. The molecule has 3 aliphatic rings. The van der Waals surface area contributed by atoms with Crippen LogP contribution >= 0.6 is 23.2 Å². The van der Waals surface area contributed by atoms with Crippen molar-refractivity contribution in [1.29, 1.82) is 0 Å². The molecule has 3 amide bonds. The molecule has 6 N–H and O–H groups in total. The van der Waals surface area contributed by atoms with E-state index in [-0.39, 0.29) is 22.4 Å². The molecule has 1 saturated heterocycles. The molecule has 0 radical (unpaired) electrons. The number of hydrogen-bond acceptors (Lipinski definition) is 5. The van der Waals surface area contributed by atoms with Gasteiger partial charge >= 0.3 is 0 Å². The summed E-state index contributed by atoms with van der Waals surface area (Å²) in [7, 11) is 0. The highest BCUT2D eigenvalue weighted by atomic mass is 35.5. The van der Waals surface area contributed by atoms with E-state index < -0.39 is 34.6 Å². The first-order valence-electron chi connectivity index (χ1n) is 15.9. The van der Waals surface area contributed by atoms with Gasteiger partial charge in [-0.1, -0.05) is 67.1 Å². The number of carbonyl (C=O) groups excluding carboxylic acids is 3. The standard InChI is InChI=1S/C35H38Cl2FN5O3/c36-22-12-15-25-27(20-22)42-33(46)35(25)28(24-8-7-9-26(37)29(24)38)30(43-34(35)16-3-1-4-17-34)32(45)41-23-13-10-21(11-14-23)31(44)40-19-6-2-5-18-39/h7-15,20,28,30,43H,1-6,16-19,39H2,(H,40,44)(H,41,45)(H,42,46)/t28-,30+,35+/m0/s1. The maximum atomic E-state index is 16.1. The van der Waals surface area contributed by atoms with Gasteiger partial charge in [-0.25, -0.2) is 4.39 Å². The molecule has 242 valence electrons. The minimum absolute atomic E-state index is 0.0839. The number of nitrogens with two attached hydrogens (primary N) is 1. The third-order valence-electron chi connectivity index (χ3n) is 9.89. The number of nitrogens with one attached hydrogen (secondary N) is 4. The molecule has 0 aromatic heterocycles. The Balaban J connectivity index is 1.36. The molecule has 2 heterocycles. The third-order valence-corrected chi connectivity index (χ3v) is 10.4. The SMILES string of the molecule is NCCCCCNC(=O)c1ccc(NC(=O)[C@@H]2NC3(CCCCC3)[C@@]3(C(=O)Nc4cc(Cl)ccc43)[C@H]2c2cccc(Cl)c2F)cc1. The smallest absolute Gasteiger partial charge is 0.251 e. The number of amides is 3. The van der Waals surface area contributed by atoms with Crippen LogP contribution < -0.4 is 27.0 Å². The highest BCUT2D eigenvalue weighted by Gasteiger charge is 2.72. The predicted molar refractivity (Wildman–Crippen MR) is 179 cm³/mol. The van der Waals surface area contributed by atoms with Gasteiger partial charge in [0.05, 0.1) is 11.1 Å². The molecule has 1 aliphatic carbocycles. The van der Waals surface area contributed by atoms with E-state index in [0.29, 0.717) is 53.5 Å². The Kier molecular flexibility index (Phi) is 9.39. The lowest BCUT2D eigenvalue weighted by Crippen LogP contribution is -2.60. The molecule has 8 nitrogen and oxygen atoms in total. The molecule has 46 heavy (non-hydrogen) atoms. The molecule has 2 spiro atoms. The highest BCUT2D eigenvalue weighted by Crippen LogP contribution is 2.62. The normalized spacial score (nSPS) is 22.9. The maximum Gasteiger partial charge on any atom is 0.251 e. The first-order valence-corrected chi connectivity index (χ1v) is 16.7.